The van der Waals surface area contributed by atoms with E-state index in [9.17, 15) is 9.90 Å². The second-order valence-corrected chi connectivity index (χ2v) is 6.57. The van der Waals surface area contributed by atoms with Gasteiger partial charge in [-0.25, -0.2) is 4.79 Å². The molecular formula is C17H25N3O2. The number of pyridine rings is 1. The van der Waals surface area contributed by atoms with Crippen molar-refractivity contribution >= 4 is 6.03 Å². The van der Waals surface area contributed by atoms with Gasteiger partial charge in [0.2, 0.25) is 0 Å². The molecule has 0 aromatic carbocycles. The van der Waals surface area contributed by atoms with Crippen LogP contribution in [0.15, 0.2) is 24.4 Å². The van der Waals surface area contributed by atoms with Gasteiger partial charge in [-0.05, 0) is 43.7 Å². The molecule has 1 atom stereocenters. The first kappa shape index (κ1) is 15.3. The van der Waals surface area contributed by atoms with E-state index in [2.05, 4.69) is 15.6 Å². The zero-order valence-corrected chi connectivity index (χ0v) is 12.9. The van der Waals surface area contributed by atoms with Crippen LogP contribution in [0.5, 0.6) is 0 Å². The van der Waals surface area contributed by atoms with Crippen molar-refractivity contribution in [3.05, 3.63) is 30.1 Å². The summed E-state index contributed by atoms with van der Waals surface area (Å²) in [5.74, 6) is 0.266. The molecule has 0 saturated heterocycles. The zero-order valence-electron chi connectivity index (χ0n) is 12.9. The highest BCUT2D eigenvalue weighted by Crippen LogP contribution is 2.37. The number of carbonyl (C=O) groups is 1. The minimum Gasteiger partial charge on any atom is -0.393 e. The minimum atomic E-state index is -0.237. The van der Waals surface area contributed by atoms with Crippen LogP contribution in [0.4, 0.5) is 4.79 Å². The van der Waals surface area contributed by atoms with E-state index >= 15 is 0 Å². The molecule has 0 unspecified atom stereocenters. The third-order valence-electron chi connectivity index (χ3n) is 4.85. The highest BCUT2D eigenvalue weighted by atomic mass is 16.3. The fraction of sp³-hybridized carbons (Fsp3) is 0.647. The molecule has 2 amide bonds. The maximum atomic E-state index is 12.3. The third-order valence-corrected chi connectivity index (χ3v) is 4.85. The van der Waals surface area contributed by atoms with E-state index in [1.165, 1.54) is 19.3 Å². The Bertz CT molecular complexity index is 482. The average molecular weight is 303 g/mol. The number of hydrogen-bond donors (Lipinski definition) is 3. The zero-order chi connectivity index (χ0) is 15.4. The lowest BCUT2D eigenvalue weighted by atomic mass is 9.76. The maximum Gasteiger partial charge on any atom is 0.315 e. The second kappa shape index (κ2) is 7.09. The number of aliphatic hydroxyl groups is 1. The van der Waals surface area contributed by atoms with Gasteiger partial charge in [0.15, 0.2) is 0 Å². The largest absolute Gasteiger partial charge is 0.393 e. The number of carbonyl (C=O) groups excluding carboxylic acids is 1. The topological polar surface area (TPSA) is 74.2 Å². The van der Waals surface area contributed by atoms with Crippen LogP contribution >= 0.6 is 0 Å². The van der Waals surface area contributed by atoms with Crippen molar-refractivity contribution in [2.45, 2.75) is 63.1 Å². The first-order chi connectivity index (χ1) is 10.7. The van der Waals surface area contributed by atoms with Gasteiger partial charge in [-0.15, -0.1) is 0 Å². The average Bonchev–Trinajstić information content (AvgIpc) is 2.52. The summed E-state index contributed by atoms with van der Waals surface area (Å²) in [5.41, 5.74) is 0.873. The molecule has 1 aromatic rings. The van der Waals surface area contributed by atoms with Crippen LogP contribution in [0.2, 0.25) is 0 Å². The lowest BCUT2D eigenvalue weighted by molar-refractivity contribution is 0.0251. The van der Waals surface area contributed by atoms with Gasteiger partial charge in [-0.3, -0.25) is 4.98 Å². The Balaban J connectivity index is 1.61. The lowest BCUT2D eigenvalue weighted by Gasteiger charge is -2.38. The van der Waals surface area contributed by atoms with Gasteiger partial charge in [0, 0.05) is 12.2 Å². The van der Waals surface area contributed by atoms with Crippen molar-refractivity contribution in [3.63, 3.8) is 0 Å². The molecule has 0 aliphatic heterocycles. The van der Waals surface area contributed by atoms with Crippen LogP contribution in [0.3, 0.4) is 0 Å². The molecule has 2 aliphatic carbocycles. The molecule has 2 saturated carbocycles. The summed E-state index contributed by atoms with van der Waals surface area (Å²) in [6, 6.07) is 5.82. The SMILES string of the molecule is O=C(NC1CCCCC1)N[C@@H](c1ccccn1)C1CC(O)C1. The number of nitrogens with one attached hydrogen (secondary N) is 2. The van der Waals surface area contributed by atoms with Gasteiger partial charge in [-0.1, -0.05) is 25.3 Å². The van der Waals surface area contributed by atoms with Gasteiger partial charge >= 0.3 is 6.03 Å². The van der Waals surface area contributed by atoms with E-state index in [1.807, 2.05) is 18.2 Å². The van der Waals surface area contributed by atoms with Crippen molar-refractivity contribution in [3.8, 4) is 0 Å². The predicted octanol–water partition coefficient (Wildman–Crippen LogP) is 2.53. The van der Waals surface area contributed by atoms with Crippen molar-refractivity contribution < 1.29 is 9.90 Å². The molecule has 120 valence electrons. The summed E-state index contributed by atoms with van der Waals surface area (Å²) in [4.78, 5) is 16.7. The fourth-order valence-corrected chi connectivity index (χ4v) is 3.51. The summed E-state index contributed by atoms with van der Waals surface area (Å²) in [5, 5.41) is 15.7. The monoisotopic (exact) mass is 303 g/mol. The molecule has 2 fully saturated rings. The lowest BCUT2D eigenvalue weighted by Crippen LogP contribution is -2.48. The van der Waals surface area contributed by atoms with Crippen LogP contribution in [0.1, 0.15) is 56.7 Å². The fourth-order valence-electron chi connectivity index (χ4n) is 3.51. The van der Waals surface area contributed by atoms with Crippen molar-refractivity contribution in [1.29, 1.82) is 0 Å². The van der Waals surface area contributed by atoms with Gasteiger partial charge < -0.3 is 15.7 Å². The molecule has 0 bridgehead atoms. The van der Waals surface area contributed by atoms with Crippen LogP contribution in [0, 0.1) is 5.92 Å². The van der Waals surface area contributed by atoms with Crippen LogP contribution in [0.25, 0.3) is 0 Å². The number of urea groups is 1. The Labute approximate surface area is 131 Å². The van der Waals surface area contributed by atoms with E-state index in [0.29, 0.717) is 6.04 Å². The Morgan fingerprint density at radius 2 is 2.00 bits per heavy atom. The van der Waals surface area contributed by atoms with E-state index in [0.717, 1.165) is 31.4 Å². The van der Waals surface area contributed by atoms with E-state index < -0.39 is 0 Å². The summed E-state index contributed by atoms with van der Waals surface area (Å²) in [6.45, 7) is 0. The molecule has 22 heavy (non-hydrogen) atoms. The first-order valence-electron chi connectivity index (χ1n) is 8.38. The van der Waals surface area contributed by atoms with Crippen LogP contribution in [-0.4, -0.2) is 28.3 Å². The number of amides is 2. The highest BCUT2D eigenvalue weighted by molar-refractivity contribution is 5.74. The van der Waals surface area contributed by atoms with Crippen LogP contribution < -0.4 is 10.6 Å². The number of nitrogens with zero attached hydrogens (tertiary/aromatic N) is 1. The molecule has 3 rings (SSSR count). The molecule has 3 N–H and O–H groups in total. The van der Waals surface area contributed by atoms with Crippen molar-refractivity contribution in [2.75, 3.05) is 0 Å². The third kappa shape index (κ3) is 3.77. The Kier molecular flexibility index (Phi) is 4.93. The van der Waals surface area contributed by atoms with Gasteiger partial charge in [0.05, 0.1) is 17.8 Å². The Morgan fingerprint density at radius 1 is 1.23 bits per heavy atom. The summed E-state index contributed by atoms with van der Waals surface area (Å²) >= 11 is 0. The molecule has 2 aliphatic rings. The van der Waals surface area contributed by atoms with Gasteiger partial charge in [0.25, 0.3) is 0 Å². The Hall–Kier alpha value is -1.62. The second-order valence-electron chi connectivity index (χ2n) is 6.57. The van der Waals surface area contributed by atoms with Crippen molar-refractivity contribution in [1.82, 2.24) is 15.6 Å². The quantitative estimate of drug-likeness (QED) is 0.800. The number of aromatic nitrogens is 1. The number of rotatable bonds is 4. The predicted molar refractivity (Wildman–Crippen MR) is 84.2 cm³/mol. The van der Waals surface area contributed by atoms with E-state index in [-0.39, 0.29) is 24.1 Å². The van der Waals surface area contributed by atoms with Crippen LogP contribution in [-0.2, 0) is 0 Å². The van der Waals surface area contributed by atoms with Gasteiger partial charge in [-0.2, -0.15) is 0 Å². The summed E-state index contributed by atoms with van der Waals surface area (Å²) in [6.07, 6.45) is 8.78. The Morgan fingerprint density at radius 3 is 2.64 bits per heavy atom. The summed E-state index contributed by atoms with van der Waals surface area (Å²) in [7, 11) is 0. The van der Waals surface area contributed by atoms with E-state index in [1.54, 1.807) is 6.20 Å². The molecule has 5 heteroatoms. The first-order valence-corrected chi connectivity index (χ1v) is 8.38. The molecule has 5 nitrogen and oxygen atoms in total. The molecule has 0 spiro atoms. The molecular weight excluding hydrogens is 278 g/mol. The molecule has 1 aromatic heterocycles. The molecule has 0 radical (unpaired) electrons. The normalized spacial score (nSPS) is 26.8. The highest BCUT2D eigenvalue weighted by Gasteiger charge is 2.36. The van der Waals surface area contributed by atoms with E-state index in [4.69, 9.17) is 0 Å². The molecule has 1 heterocycles. The summed E-state index contributed by atoms with van der Waals surface area (Å²) < 4.78 is 0. The maximum absolute atomic E-state index is 12.3. The van der Waals surface area contributed by atoms with Crippen molar-refractivity contribution in [2.24, 2.45) is 5.92 Å². The number of hydrogen-bond acceptors (Lipinski definition) is 3. The smallest absolute Gasteiger partial charge is 0.315 e. The minimum absolute atomic E-state index is 0.107. The standard InChI is InChI=1S/C17H25N3O2/c21-14-10-12(11-14)16(15-8-4-5-9-18-15)20-17(22)19-13-6-2-1-3-7-13/h4-5,8-9,12-14,16,21H,1-3,6-7,10-11H2,(H2,19,20,22)/t12?,14?,16-/m1/s1. The van der Waals surface area contributed by atoms with Gasteiger partial charge in [0.1, 0.15) is 0 Å². The number of aliphatic hydroxyl groups excluding tert-OH is 1.